The Labute approximate surface area is 176 Å². The van der Waals surface area contributed by atoms with Crippen molar-refractivity contribution in [2.24, 2.45) is 17.8 Å². The second-order valence-electron chi connectivity index (χ2n) is 7.82. The molecule has 3 fully saturated rings. The van der Waals surface area contributed by atoms with E-state index in [-0.39, 0.29) is 6.61 Å². The van der Waals surface area contributed by atoms with E-state index in [4.69, 9.17) is 5.11 Å². The molecule has 168 valence electrons. The molecule has 0 spiro atoms. The first-order chi connectivity index (χ1) is 13.7. The smallest absolute Gasteiger partial charge is 0.225 e. The van der Waals surface area contributed by atoms with Gasteiger partial charge in [0.05, 0.1) is 0 Å². The van der Waals surface area contributed by atoms with Gasteiger partial charge in [-0.25, -0.2) is 0 Å². The minimum absolute atomic E-state index is 0.289. The van der Waals surface area contributed by atoms with Gasteiger partial charge in [0.15, 0.2) is 0 Å². The zero-order valence-electron chi connectivity index (χ0n) is 20.0. The van der Waals surface area contributed by atoms with Crippen LogP contribution >= 0.6 is 0 Å². The highest BCUT2D eigenvalue weighted by Crippen LogP contribution is 2.36. The van der Waals surface area contributed by atoms with Gasteiger partial charge in [-0.15, -0.1) is 0 Å². The molecule has 4 nitrogen and oxygen atoms in total. The molecule has 28 heavy (non-hydrogen) atoms. The molecule has 0 unspecified atom stereocenters. The SMILES string of the molecule is CC.CC.CC.CC1CCN(C2CC(C(=O)N3CCC(CCO)CC3)C2)CC1. The van der Waals surface area contributed by atoms with Gasteiger partial charge < -0.3 is 14.9 Å². The number of hydrogen-bond donors (Lipinski definition) is 1. The van der Waals surface area contributed by atoms with Crippen molar-refractivity contribution in [3.05, 3.63) is 0 Å². The van der Waals surface area contributed by atoms with Crippen LogP contribution in [0, 0.1) is 17.8 Å². The molecular formula is C24H50N2O2. The number of nitrogens with zero attached hydrogens (tertiary/aromatic N) is 2. The van der Waals surface area contributed by atoms with E-state index in [1.807, 2.05) is 41.5 Å². The Morgan fingerprint density at radius 3 is 1.82 bits per heavy atom. The van der Waals surface area contributed by atoms with E-state index in [1.54, 1.807) is 0 Å². The monoisotopic (exact) mass is 398 g/mol. The summed E-state index contributed by atoms with van der Waals surface area (Å²) in [5, 5.41) is 9.01. The molecule has 4 heteroatoms. The van der Waals surface area contributed by atoms with E-state index in [1.165, 1.54) is 25.9 Å². The molecule has 1 aliphatic carbocycles. The first kappa shape index (κ1) is 27.4. The summed E-state index contributed by atoms with van der Waals surface area (Å²) in [7, 11) is 0. The van der Waals surface area contributed by atoms with Gasteiger partial charge in [0.1, 0.15) is 0 Å². The Morgan fingerprint density at radius 1 is 0.857 bits per heavy atom. The summed E-state index contributed by atoms with van der Waals surface area (Å²) in [5.74, 6) is 2.20. The Kier molecular flexibility index (Phi) is 15.9. The summed E-state index contributed by atoms with van der Waals surface area (Å²) in [4.78, 5) is 17.3. The van der Waals surface area contributed by atoms with Crippen molar-refractivity contribution in [1.29, 1.82) is 0 Å². The first-order valence-electron chi connectivity index (χ1n) is 12.3. The highest BCUT2D eigenvalue weighted by Gasteiger charge is 2.40. The van der Waals surface area contributed by atoms with Gasteiger partial charge in [0.2, 0.25) is 5.91 Å². The number of piperidine rings is 2. The normalized spacial score (nSPS) is 25.8. The van der Waals surface area contributed by atoms with Gasteiger partial charge >= 0.3 is 0 Å². The van der Waals surface area contributed by atoms with Crippen molar-refractivity contribution in [1.82, 2.24) is 9.80 Å². The number of carbonyl (C=O) groups is 1. The lowest BCUT2D eigenvalue weighted by molar-refractivity contribution is -0.142. The lowest BCUT2D eigenvalue weighted by Gasteiger charge is -2.46. The van der Waals surface area contributed by atoms with Crippen LogP contribution in [0.25, 0.3) is 0 Å². The molecule has 2 saturated heterocycles. The van der Waals surface area contributed by atoms with E-state index in [0.29, 0.717) is 23.8 Å². The topological polar surface area (TPSA) is 43.8 Å². The van der Waals surface area contributed by atoms with Crippen molar-refractivity contribution in [2.75, 3.05) is 32.8 Å². The number of hydrogen-bond acceptors (Lipinski definition) is 3. The third-order valence-corrected chi connectivity index (χ3v) is 6.26. The van der Waals surface area contributed by atoms with Gasteiger partial charge in [-0.2, -0.15) is 0 Å². The summed E-state index contributed by atoms with van der Waals surface area (Å²) >= 11 is 0. The molecule has 0 aromatic carbocycles. The molecule has 0 bridgehead atoms. The molecule has 1 saturated carbocycles. The van der Waals surface area contributed by atoms with Gasteiger partial charge in [0, 0.05) is 31.7 Å². The summed E-state index contributed by atoms with van der Waals surface area (Å²) in [6.45, 7) is 18.9. The fraction of sp³-hybridized carbons (Fsp3) is 0.958. The summed E-state index contributed by atoms with van der Waals surface area (Å²) in [5.41, 5.74) is 0. The van der Waals surface area contributed by atoms with Crippen molar-refractivity contribution in [3.63, 3.8) is 0 Å². The molecule has 3 rings (SSSR count). The Balaban J connectivity index is 0.00000111. The zero-order valence-corrected chi connectivity index (χ0v) is 20.0. The Morgan fingerprint density at radius 2 is 1.36 bits per heavy atom. The molecule has 0 aromatic heterocycles. The van der Waals surface area contributed by atoms with Gasteiger partial charge in [0.25, 0.3) is 0 Å². The third kappa shape index (κ3) is 8.41. The second kappa shape index (κ2) is 16.2. The van der Waals surface area contributed by atoms with Gasteiger partial charge in [-0.3, -0.25) is 4.79 Å². The Hall–Kier alpha value is -0.610. The lowest BCUT2D eigenvalue weighted by Crippen LogP contribution is -2.53. The highest BCUT2D eigenvalue weighted by molar-refractivity contribution is 5.80. The number of carbonyl (C=O) groups excluding carboxylic acids is 1. The number of likely N-dealkylation sites (tertiary alicyclic amines) is 2. The quantitative estimate of drug-likeness (QED) is 0.708. The number of amides is 1. The predicted octanol–water partition coefficient (Wildman–Crippen LogP) is 5.20. The molecular weight excluding hydrogens is 348 g/mol. The maximum absolute atomic E-state index is 12.6. The molecule has 0 aromatic rings. The summed E-state index contributed by atoms with van der Waals surface area (Å²) in [6, 6.07) is 0.674. The first-order valence-corrected chi connectivity index (χ1v) is 12.3. The molecule has 1 amide bonds. The number of aliphatic hydroxyl groups is 1. The van der Waals surface area contributed by atoms with E-state index in [9.17, 15) is 4.79 Å². The average Bonchev–Trinajstić information content (AvgIpc) is 2.73. The number of aliphatic hydroxyl groups excluding tert-OH is 1. The highest BCUT2D eigenvalue weighted by atomic mass is 16.3. The maximum Gasteiger partial charge on any atom is 0.225 e. The zero-order chi connectivity index (χ0) is 21.5. The molecule has 0 radical (unpaired) electrons. The molecule has 3 aliphatic rings. The van der Waals surface area contributed by atoms with Crippen LogP contribution in [0.2, 0.25) is 0 Å². The minimum Gasteiger partial charge on any atom is -0.396 e. The van der Waals surface area contributed by atoms with E-state index < -0.39 is 0 Å². The maximum atomic E-state index is 12.6. The van der Waals surface area contributed by atoms with E-state index >= 15 is 0 Å². The van der Waals surface area contributed by atoms with E-state index in [0.717, 1.165) is 51.1 Å². The van der Waals surface area contributed by atoms with Crippen LogP contribution in [0.3, 0.4) is 0 Å². The number of rotatable bonds is 4. The summed E-state index contributed by atoms with van der Waals surface area (Å²) in [6.07, 6.45) is 7.88. The van der Waals surface area contributed by atoms with Crippen LogP contribution in [-0.4, -0.2) is 59.6 Å². The lowest BCUT2D eigenvalue weighted by atomic mass is 9.77. The third-order valence-electron chi connectivity index (χ3n) is 6.26. The van der Waals surface area contributed by atoms with Crippen LogP contribution in [0.4, 0.5) is 0 Å². The van der Waals surface area contributed by atoms with Crippen molar-refractivity contribution in [2.45, 2.75) is 99.5 Å². The van der Waals surface area contributed by atoms with Crippen LogP contribution in [0.1, 0.15) is 93.4 Å². The largest absolute Gasteiger partial charge is 0.396 e. The average molecular weight is 399 g/mol. The van der Waals surface area contributed by atoms with Crippen LogP contribution in [0.5, 0.6) is 0 Å². The predicted molar refractivity (Wildman–Crippen MR) is 122 cm³/mol. The van der Waals surface area contributed by atoms with Crippen LogP contribution in [-0.2, 0) is 4.79 Å². The molecule has 2 aliphatic heterocycles. The molecule has 2 heterocycles. The van der Waals surface area contributed by atoms with Crippen molar-refractivity contribution >= 4 is 5.91 Å². The fourth-order valence-corrected chi connectivity index (χ4v) is 4.36. The standard InChI is InChI=1S/C18H32N2O2.3C2H6/c1-14-2-7-19(8-3-14)17-12-16(13-17)18(22)20-9-4-15(5-10-20)6-11-21;3*1-2/h14-17,21H,2-13H2,1H3;3*1-2H3. The summed E-state index contributed by atoms with van der Waals surface area (Å²) < 4.78 is 0. The van der Waals surface area contributed by atoms with Crippen LogP contribution < -0.4 is 0 Å². The van der Waals surface area contributed by atoms with Gasteiger partial charge in [-0.1, -0.05) is 48.5 Å². The molecule has 0 atom stereocenters. The second-order valence-corrected chi connectivity index (χ2v) is 7.82. The Bertz CT molecular complexity index is 367. The van der Waals surface area contributed by atoms with Crippen LogP contribution in [0.15, 0.2) is 0 Å². The minimum atomic E-state index is 0.289. The van der Waals surface area contributed by atoms with Gasteiger partial charge in [-0.05, 0) is 69.9 Å². The van der Waals surface area contributed by atoms with E-state index in [2.05, 4.69) is 16.7 Å². The van der Waals surface area contributed by atoms with Crippen molar-refractivity contribution in [3.8, 4) is 0 Å². The molecule has 1 N–H and O–H groups in total. The fourth-order valence-electron chi connectivity index (χ4n) is 4.36. The van der Waals surface area contributed by atoms with Crippen molar-refractivity contribution < 1.29 is 9.90 Å².